The van der Waals surface area contributed by atoms with E-state index in [9.17, 15) is 22.8 Å². The number of piperazine rings is 1. The number of benzene rings is 1. The molecule has 10 heteroatoms. The zero-order valence-corrected chi connectivity index (χ0v) is 16.2. The molecular weight excluding hydrogens is 391 g/mol. The van der Waals surface area contributed by atoms with Gasteiger partial charge in [-0.25, -0.2) is 4.79 Å². The minimum atomic E-state index is -4.29. The lowest BCUT2D eigenvalue weighted by atomic mass is 10.1. The lowest BCUT2D eigenvalue weighted by Crippen LogP contribution is -2.64. The maximum Gasteiger partial charge on any atom is 0.390 e. The monoisotopic (exact) mass is 415 g/mol. The molecule has 29 heavy (non-hydrogen) atoms. The SMILES string of the molecule is C=CC(=O)NC1CN(CCC(F)(F)F)C(OC)CN1c1ccc(C(=O)OC)cc1. The number of carbonyl (C=O) groups is 2. The average Bonchev–Trinajstić information content (AvgIpc) is 2.71. The molecule has 0 bridgehead atoms. The Hall–Kier alpha value is -2.59. The molecule has 2 atom stereocenters. The van der Waals surface area contributed by atoms with Crippen LogP contribution in [0.1, 0.15) is 16.8 Å². The van der Waals surface area contributed by atoms with E-state index in [4.69, 9.17) is 4.74 Å². The van der Waals surface area contributed by atoms with Gasteiger partial charge in [-0.05, 0) is 30.3 Å². The van der Waals surface area contributed by atoms with Crippen LogP contribution < -0.4 is 10.2 Å². The fraction of sp³-hybridized carbons (Fsp3) is 0.474. The van der Waals surface area contributed by atoms with Gasteiger partial charge in [-0.15, -0.1) is 0 Å². The predicted molar refractivity (Wildman–Crippen MR) is 100 cm³/mol. The first-order valence-corrected chi connectivity index (χ1v) is 8.90. The molecule has 1 amide bonds. The molecule has 0 aliphatic carbocycles. The summed E-state index contributed by atoms with van der Waals surface area (Å²) in [4.78, 5) is 26.8. The summed E-state index contributed by atoms with van der Waals surface area (Å²) in [6, 6.07) is 6.51. The Morgan fingerprint density at radius 1 is 1.24 bits per heavy atom. The third kappa shape index (κ3) is 6.20. The second kappa shape index (κ2) is 9.75. The molecule has 2 unspecified atom stereocenters. The van der Waals surface area contributed by atoms with Crippen molar-refractivity contribution in [2.75, 3.05) is 38.8 Å². The predicted octanol–water partition coefficient (Wildman–Crippen LogP) is 2.15. The van der Waals surface area contributed by atoms with E-state index in [2.05, 4.69) is 16.6 Å². The summed E-state index contributed by atoms with van der Waals surface area (Å²) in [5.41, 5.74) is 1.03. The third-order valence-corrected chi connectivity index (χ3v) is 4.61. The Morgan fingerprint density at radius 2 is 1.90 bits per heavy atom. The fourth-order valence-electron chi connectivity index (χ4n) is 3.12. The first kappa shape index (κ1) is 22.7. The van der Waals surface area contributed by atoms with E-state index < -0.39 is 36.9 Å². The van der Waals surface area contributed by atoms with Crippen LogP contribution in [0.4, 0.5) is 18.9 Å². The van der Waals surface area contributed by atoms with E-state index in [0.29, 0.717) is 11.3 Å². The molecule has 1 aliphatic rings. The van der Waals surface area contributed by atoms with Gasteiger partial charge in [-0.1, -0.05) is 6.58 Å². The lowest BCUT2D eigenvalue weighted by Gasteiger charge is -2.46. The van der Waals surface area contributed by atoms with E-state index in [1.165, 1.54) is 14.2 Å². The highest BCUT2D eigenvalue weighted by Gasteiger charge is 2.37. The molecule has 2 rings (SSSR count). The molecule has 1 heterocycles. The molecular formula is C19H24F3N3O4. The first-order chi connectivity index (χ1) is 13.7. The molecule has 1 fully saturated rings. The van der Waals surface area contributed by atoms with Crippen LogP contribution in [-0.4, -0.2) is 69.2 Å². The molecule has 1 saturated heterocycles. The highest BCUT2D eigenvalue weighted by molar-refractivity contribution is 5.90. The average molecular weight is 415 g/mol. The van der Waals surface area contributed by atoms with Gasteiger partial charge in [0, 0.05) is 25.9 Å². The largest absolute Gasteiger partial charge is 0.465 e. The van der Waals surface area contributed by atoms with Crippen molar-refractivity contribution in [3.05, 3.63) is 42.5 Å². The van der Waals surface area contributed by atoms with Crippen molar-refractivity contribution >= 4 is 17.6 Å². The molecule has 160 valence electrons. The van der Waals surface area contributed by atoms with Crippen LogP contribution in [0.5, 0.6) is 0 Å². The van der Waals surface area contributed by atoms with Crippen LogP contribution in [0, 0.1) is 0 Å². The van der Waals surface area contributed by atoms with Crippen molar-refractivity contribution < 1.29 is 32.2 Å². The van der Waals surface area contributed by atoms with Crippen molar-refractivity contribution in [1.82, 2.24) is 10.2 Å². The number of ether oxygens (including phenoxy) is 2. The maximum atomic E-state index is 12.7. The summed E-state index contributed by atoms with van der Waals surface area (Å²) in [7, 11) is 2.70. The number of nitrogens with one attached hydrogen (secondary N) is 1. The summed E-state index contributed by atoms with van der Waals surface area (Å²) < 4.78 is 48.1. The number of halogens is 3. The molecule has 0 spiro atoms. The van der Waals surface area contributed by atoms with Gasteiger partial charge in [0.25, 0.3) is 0 Å². The second-order valence-electron chi connectivity index (χ2n) is 6.47. The Balaban J connectivity index is 2.25. The number of hydrogen-bond donors (Lipinski definition) is 1. The number of rotatable bonds is 7. The lowest BCUT2D eigenvalue weighted by molar-refractivity contribution is -0.147. The van der Waals surface area contributed by atoms with Crippen molar-refractivity contribution in [2.24, 2.45) is 0 Å². The summed E-state index contributed by atoms with van der Waals surface area (Å²) in [6.07, 6.45) is -5.39. The van der Waals surface area contributed by atoms with Crippen molar-refractivity contribution in [3.8, 4) is 0 Å². The van der Waals surface area contributed by atoms with Crippen LogP contribution in [0.3, 0.4) is 0 Å². The quantitative estimate of drug-likeness (QED) is 0.544. The van der Waals surface area contributed by atoms with Crippen molar-refractivity contribution in [1.29, 1.82) is 0 Å². The van der Waals surface area contributed by atoms with Gasteiger partial charge in [-0.3, -0.25) is 9.69 Å². The summed E-state index contributed by atoms with van der Waals surface area (Å²) in [5, 5.41) is 2.74. The highest BCUT2D eigenvalue weighted by Crippen LogP contribution is 2.26. The Morgan fingerprint density at radius 3 is 2.41 bits per heavy atom. The number of nitrogens with zero attached hydrogens (tertiary/aromatic N) is 2. The Labute approximate surface area is 167 Å². The zero-order chi connectivity index (χ0) is 21.6. The summed E-state index contributed by atoms with van der Waals surface area (Å²) in [5.74, 6) is -0.933. The van der Waals surface area contributed by atoms with Crippen LogP contribution in [0.15, 0.2) is 36.9 Å². The van der Waals surface area contributed by atoms with Crippen LogP contribution in [-0.2, 0) is 14.3 Å². The topological polar surface area (TPSA) is 71.1 Å². The van der Waals surface area contributed by atoms with E-state index in [1.54, 1.807) is 34.1 Å². The molecule has 1 aromatic rings. The van der Waals surface area contributed by atoms with Gasteiger partial charge in [-0.2, -0.15) is 13.2 Å². The van der Waals surface area contributed by atoms with Gasteiger partial charge in [0.05, 0.1) is 25.6 Å². The number of anilines is 1. The van der Waals surface area contributed by atoms with Gasteiger partial charge >= 0.3 is 12.1 Å². The minimum absolute atomic E-state index is 0.118. The van der Waals surface area contributed by atoms with Gasteiger partial charge < -0.3 is 19.7 Å². The molecule has 7 nitrogen and oxygen atoms in total. The fourth-order valence-corrected chi connectivity index (χ4v) is 3.12. The van der Waals surface area contributed by atoms with E-state index in [1.807, 2.05) is 0 Å². The van der Waals surface area contributed by atoms with E-state index >= 15 is 0 Å². The van der Waals surface area contributed by atoms with Gasteiger partial charge in [0.2, 0.25) is 5.91 Å². The Kier molecular flexibility index (Phi) is 7.63. The van der Waals surface area contributed by atoms with Crippen molar-refractivity contribution in [2.45, 2.75) is 25.0 Å². The number of hydrogen-bond acceptors (Lipinski definition) is 6. The van der Waals surface area contributed by atoms with E-state index in [-0.39, 0.29) is 19.6 Å². The van der Waals surface area contributed by atoms with Crippen molar-refractivity contribution in [3.63, 3.8) is 0 Å². The third-order valence-electron chi connectivity index (χ3n) is 4.61. The van der Waals surface area contributed by atoms with Crippen LogP contribution in [0.2, 0.25) is 0 Å². The number of methoxy groups -OCH3 is 2. The highest BCUT2D eigenvalue weighted by atomic mass is 19.4. The molecule has 1 aliphatic heterocycles. The first-order valence-electron chi connectivity index (χ1n) is 8.90. The van der Waals surface area contributed by atoms with E-state index in [0.717, 1.165) is 6.08 Å². The standard InChI is InChI=1S/C19H24F3N3O4/c1-4-16(26)23-15-11-24(10-9-19(20,21)22)17(28-2)12-25(15)14-7-5-13(6-8-14)18(27)29-3/h4-8,15,17H,1,9-12H2,2-3H3,(H,23,26). The number of carbonyl (C=O) groups excluding carboxylic acids is 2. The molecule has 0 aromatic heterocycles. The summed E-state index contributed by atoms with van der Waals surface area (Å²) in [6.45, 7) is 3.50. The normalized spacial score (nSPS) is 20.2. The van der Waals surface area contributed by atoms with Crippen LogP contribution in [0.25, 0.3) is 0 Å². The zero-order valence-electron chi connectivity index (χ0n) is 16.2. The summed E-state index contributed by atoms with van der Waals surface area (Å²) >= 11 is 0. The Bertz CT molecular complexity index is 724. The number of esters is 1. The molecule has 1 aromatic carbocycles. The molecule has 1 N–H and O–H groups in total. The maximum absolute atomic E-state index is 12.7. The minimum Gasteiger partial charge on any atom is -0.465 e. The molecule has 0 saturated carbocycles. The number of amides is 1. The molecule has 0 radical (unpaired) electrons. The van der Waals surface area contributed by atoms with Gasteiger partial charge in [0.1, 0.15) is 12.4 Å². The van der Waals surface area contributed by atoms with Gasteiger partial charge in [0.15, 0.2) is 0 Å². The smallest absolute Gasteiger partial charge is 0.390 e. The second-order valence-corrected chi connectivity index (χ2v) is 6.47. The van der Waals surface area contributed by atoms with Crippen LogP contribution >= 0.6 is 0 Å². The number of alkyl halides is 3.